The summed E-state index contributed by atoms with van der Waals surface area (Å²) in [5.41, 5.74) is 9.14. The number of fused-ring (bicyclic) bond motifs is 1. The zero-order chi connectivity index (χ0) is 22.4. The third kappa shape index (κ3) is 3.65. The van der Waals surface area contributed by atoms with Crippen molar-refractivity contribution in [3.05, 3.63) is 76.1 Å². The number of aliphatic hydroxyl groups is 1. The van der Waals surface area contributed by atoms with Crippen LogP contribution >= 0.6 is 0 Å². The normalized spacial score (nSPS) is 20.6. The Balaban J connectivity index is 1.40. The summed E-state index contributed by atoms with van der Waals surface area (Å²) in [4.78, 5) is 15.2. The average Bonchev–Trinajstić information content (AvgIpc) is 3.36. The summed E-state index contributed by atoms with van der Waals surface area (Å²) < 4.78 is 1.81. The number of carbonyl (C=O) groups is 1. The van der Waals surface area contributed by atoms with Crippen molar-refractivity contribution in [2.75, 3.05) is 0 Å². The van der Waals surface area contributed by atoms with Gasteiger partial charge in [-0.3, -0.25) is 9.48 Å². The molecule has 0 saturated heterocycles. The van der Waals surface area contributed by atoms with Crippen molar-refractivity contribution in [1.29, 1.82) is 0 Å². The zero-order valence-electron chi connectivity index (χ0n) is 19.1. The molecule has 2 heterocycles. The van der Waals surface area contributed by atoms with E-state index in [-0.39, 0.29) is 11.9 Å². The van der Waals surface area contributed by atoms with Crippen molar-refractivity contribution in [2.24, 2.45) is 7.05 Å². The standard InChI is InChI=1S/C27H31N3O2/c1-17-18(2)24-16-30(25-6-4-5-7-26(25)31)27(32)23(24)13-21(17)12-19-8-10-20(11-9-19)22-14-28-29(3)15-22/h8-11,13-15,25-26,31H,4-7,12,16H2,1-3H3/t25-,26-/m0/s1. The summed E-state index contributed by atoms with van der Waals surface area (Å²) >= 11 is 0. The molecule has 1 aliphatic carbocycles. The van der Waals surface area contributed by atoms with E-state index < -0.39 is 6.10 Å². The number of hydrogen-bond acceptors (Lipinski definition) is 3. The Hall–Kier alpha value is -2.92. The van der Waals surface area contributed by atoms with Gasteiger partial charge in [0.15, 0.2) is 0 Å². The quantitative estimate of drug-likeness (QED) is 0.662. The highest BCUT2D eigenvalue weighted by Gasteiger charge is 2.38. The van der Waals surface area contributed by atoms with Crippen LogP contribution in [-0.2, 0) is 20.0 Å². The molecule has 1 aliphatic heterocycles. The van der Waals surface area contributed by atoms with Gasteiger partial charge < -0.3 is 10.0 Å². The molecule has 5 heteroatoms. The molecular weight excluding hydrogens is 398 g/mol. The van der Waals surface area contributed by atoms with Crippen molar-refractivity contribution in [1.82, 2.24) is 14.7 Å². The van der Waals surface area contributed by atoms with Crippen LogP contribution in [0.2, 0.25) is 0 Å². The number of aliphatic hydroxyl groups excluding tert-OH is 1. The lowest BCUT2D eigenvalue weighted by Gasteiger charge is -2.35. The minimum atomic E-state index is -0.402. The van der Waals surface area contributed by atoms with E-state index in [1.807, 2.05) is 29.0 Å². The van der Waals surface area contributed by atoms with Crippen molar-refractivity contribution < 1.29 is 9.90 Å². The summed E-state index contributed by atoms with van der Waals surface area (Å²) in [6.07, 6.45) is 8.12. The summed E-state index contributed by atoms with van der Waals surface area (Å²) in [5, 5.41) is 14.8. The van der Waals surface area contributed by atoms with E-state index in [2.05, 4.69) is 49.3 Å². The maximum atomic E-state index is 13.3. The lowest BCUT2D eigenvalue weighted by molar-refractivity contribution is 0.0191. The highest BCUT2D eigenvalue weighted by molar-refractivity contribution is 5.99. The SMILES string of the molecule is Cc1c(Cc2ccc(-c3cnn(C)c3)cc2)cc2c(c1C)CN([C@H]1CCCC[C@@H]1O)C2=O. The second kappa shape index (κ2) is 8.21. The van der Waals surface area contributed by atoms with Crippen LogP contribution in [0.5, 0.6) is 0 Å². The molecule has 0 unspecified atom stereocenters. The molecule has 2 aromatic carbocycles. The molecule has 1 N–H and O–H groups in total. The van der Waals surface area contributed by atoms with Crippen LogP contribution in [0.3, 0.4) is 0 Å². The van der Waals surface area contributed by atoms with Crippen LogP contribution in [0.4, 0.5) is 0 Å². The Labute approximate surface area is 189 Å². The Morgan fingerprint density at radius 3 is 2.50 bits per heavy atom. The molecule has 0 radical (unpaired) electrons. The van der Waals surface area contributed by atoms with Crippen LogP contribution in [0, 0.1) is 13.8 Å². The van der Waals surface area contributed by atoms with Crippen LogP contribution in [-0.4, -0.2) is 37.8 Å². The Morgan fingerprint density at radius 2 is 1.81 bits per heavy atom. The van der Waals surface area contributed by atoms with E-state index in [9.17, 15) is 9.90 Å². The van der Waals surface area contributed by atoms with Crippen LogP contribution in [0.25, 0.3) is 11.1 Å². The second-order valence-electron chi connectivity index (χ2n) is 9.44. The predicted octanol–water partition coefficient (Wildman–Crippen LogP) is 4.55. The molecule has 1 amide bonds. The molecule has 1 aromatic heterocycles. The fraction of sp³-hybridized carbons (Fsp3) is 0.407. The monoisotopic (exact) mass is 429 g/mol. The van der Waals surface area contributed by atoms with Gasteiger partial charge in [-0.15, -0.1) is 0 Å². The van der Waals surface area contributed by atoms with Gasteiger partial charge in [0, 0.05) is 30.9 Å². The second-order valence-corrected chi connectivity index (χ2v) is 9.44. The van der Waals surface area contributed by atoms with Crippen molar-refractivity contribution >= 4 is 5.91 Å². The third-order valence-electron chi connectivity index (χ3n) is 7.44. The number of rotatable bonds is 4. The van der Waals surface area contributed by atoms with Gasteiger partial charge in [-0.25, -0.2) is 0 Å². The number of benzene rings is 2. The van der Waals surface area contributed by atoms with Gasteiger partial charge in [-0.2, -0.15) is 5.10 Å². The first kappa shape index (κ1) is 21.0. The maximum absolute atomic E-state index is 13.3. The minimum absolute atomic E-state index is 0.0492. The summed E-state index contributed by atoms with van der Waals surface area (Å²) in [6.45, 7) is 4.93. The first-order valence-corrected chi connectivity index (χ1v) is 11.6. The van der Waals surface area contributed by atoms with E-state index in [1.54, 1.807) is 0 Å². The summed E-state index contributed by atoms with van der Waals surface area (Å²) in [7, 11) is 1.92. The molecule has 0 spiro atoms. The van der Waals surface area contributed by atoms with Crippen molar-refractivity contribution in [3.8, 4) is 11.1 Å². The third-order valence-corrected chi connectivity index (χ3v) is 7.44. The van der Waals surface area contributed by atoms with Gasteiger partial charge in [0.1, 0.15) is 0 Å². The number of carbonyl (C=O) groups excluding carboxylic acids is 1. The van der Waals surface area contributed by atoms with Crippen molar-refractivity contribution in [3.63, 3.8) is 0 Å². The topological polar surface area (TPSA) is 58.4 Å². The predicted molar refractivity (Wildman–Crippen MR) is 126 cm³/mol. The lowest BCUT2D eigenvalue weighted by Crippen LogP contribution is -2.45. The number of aromatic nitrogens is 2. The molecule has 32 heavy (non-hydrogen) atoms. The van der Waals surface area contributed by atoms with E-state index >= 15 is 0 Å². The van der Waals surface area contributed by atoms with Gasteiger partial charge in [0.2, 0.25) is 0 Å². The van der Waals surface area contributed by atoms with E-state index in [1.165, 1.54) is 22.3 Å². The molecule has 2 aliphatic rings. The molecule has 1 fully saturated rings. The van der Waals surface area contributed by atoms with Crippen LogP contribution in [0.15, 0.2) is 42.7 Å². The van der Waals surface area contributed by atoms with E-state index in [0.29, 0.717) is 6.54 Å². The number of nitrogens with zero attached hydrogens (tertiary/aromatic N) is 3. The van der Waals surface area contributed by atoms with Crippen LogP contribution in [0.1, 0.15) is 63.9 Å². The molecule has 0 bridgehead atoms. The zero-order valence-corrected chi connectivity index (χ0v) is 19.1. The number of aryl methyl sites for hydroxylation is 1. The molecule has 2 atom stereocenters. The summed E-state index contributed by atoms with van der Waals surface area (Å²) in [6, 6.07) is 10.7. The maximum Gasteiger partial charge on any atom is 0.254 e. The highest BCUT2D eigenvalue weighted by atomic mass is 16.3. The molecular formula is C27H31N3O2. The average molecular weight is 430 g/mol. The van der Waals surface area contributed by atoms with Gasteiger partial charge in [0.25, 0.3) is 5.91 Å². The first-order chi connectivity index (χ1) is 15.4. The minimum Gasteiger partial charge on any atom is -0.391 e. The fourth-order valence-electron chi connectivity index (χ4n) is 5.34. The number of amides is 1. The van der Waals surface area contributed by atoms with Gasteiger partial charge in [0.05, 0.1) is 18.3 Å². The number of hydrogen-bond donors (Lipinski definition) is 1. The fourth-order valence-corrected chi connectivity index (χ4v) is 5.34. The van der Waals surface area contributed by atoms with E-state index in [4.69, 9.17) is 0 Å². The van der Waals surface area contributed by atoms with Gasteiger partial charge in [-0.05, 0) is 72.6 Å². The Bertz CT molecular complexity index is 1160. The smallest absolute Gasteiger partial charge is 0.254 e. The summed E-state index contributed by atoms with van der Waals surface area (Å²) in [5.74, 6) is 0.0854. The van der Waals surface area contributed by atoms with Crippen molar-refractivity contribution in [2.45, 2.75) is 64.6 Å². The van der Waals surface area contributed by atoms with Gasteiger partial charge >= 0.3 is 0 Å². The first-order valence-electron chi connectivity index (χ1n) is 11.6. The molecule has 1 saturated carbocycles. The molecule has 3 aromatic rings. The Morgan fingerprint density at radius 1 is 1.06 bits per heavy atom. The Kier molecular flexibility index (Phi) is 5.38. The lowest BCUT2D eigenvalue weighted by atomic mass is 9.91. The largest absolute Gasteiger partial charge is 0.391 e. The highest BCUT2D eigenvalue weighted by Crippen LogP contribution is 2.35. The van der Waals surface area contributed by atoms with Gasteiger partial charge in [-0.1, -0.05) is 37.1 Å². The van der Waals surface area contributed by atoms with E-state index in [0.717, 1.165) is 54.4 Å². The van der Waals surface area contributed by atoms with Crippen LogP contribution < -0.4 is 0 Å². The molecule has 5 rings (SSSR count). The molecule has 5 nitrogen and oxygen atoms in total. The molecule has 166 valence electrons.